The molecule has 0 aliphatic heterocycles. The fourth-order valence-corrected chi connectivity index (χ4v) is 2.29. The zero-order chi connectivity index (χ0) is 13.7. The maximum atomic E-state index is 12.9. The Morgan fingerprint density at radius 1 is 1.06 bits per heavy atom. The van der Waals surface area contributed by atoms with Crippen LogP contribution in [0.3, 0.4) is 0 Å². The van der Waals surface area contributed by atoms with Gasteiger partial charge in [-0.15, -0.1) is 0 Å². The van der Waals surface area contributed by atoms with Crippen LogP contribution in [0.4, 0.5) is 4.39 Å². The van der Waals surface area contributed by atoms with E-state index in [0.717, 1.165) is 12.1 Å². The lowest BCUT2D eigenvalue weighted by atomic mass is 10.0. The molecular formula is C15H25FN2. The number of nitrogens with zero attached hydrogens (tertiary/aromatic N) is 1. The van der Waals surface area contributed by atoms with E-state index in [1.54, 1.807) is 0 Å². The topological polar surface area (TPSA) is 15.3 Å². The Balaban J connectivity index is 2.80. The average Bonchev–Trinajstić information content (AvgIpc) is 2.31. The number of rotatable bonds is 6. The number of hydrogen-bond acceptors (Lipinski definition) is 2. The van der Waals surface area contributed by atoms with E-state index >= 15 is 0 Å². The van der Waals surface area contributed by atoms with Gasteiger partial charge in [-0.05, 0) is 52.4 Å². The summed E-state index contributed by atoms with van der Waals surface area (Å²) in [5, 5.41) is 3.31. The minimum atomic E-state index is -0.182. The van der Waals surface area contributed by atoms with Crippen LogP contribution < -0.4 is 5.32 Å². The summed E-state index contributed by atoms with van der Waals surface area (Å²) >= 11 is 0. The van der Waals surface area contributed by atoms with Crippen molar-refractivity contribution in [1.29, 1.82) is 0 Å². The van der Waals surface area contributed by atoms with Crippen molar-refractivity contribution in [3.05, 3.63) is 35.6 Å². The highest BCUT2D eigenvalue weighted by Gasteiger charge is 2.19. The van der Waals surface area contributed by atoms with Crippen molar-refractivity contribution in [2.24, 2.45) is 0 Å². The summed E-state index contributed by atoms with van der Waals surface area (Å²) in [7, 11) is 1.95. The monoisotopic (exact) mass is 252 g/mol. The number of likely N-dealkylation sites (N-methyl/N-ethyl adjacent to an activating group) is 1. The van der Waals surface area contributed by atoms with Crippen molar-refractivity contribution in [2.45, 2.75) is 45.8 Å². The third-order valence-electron chi connectivity index (χ3n) is 3.34. The molecule has 0 spiro atoms. The summed E-state index contributed by atoms with van der Waals surface area (Å²) < 4.78 is 12.9. The van der Waals surface area contributed by atoms with Gasteiger partial charge in [0, 0.05) is 24.7 Å². The van der Waals surface area contributed by atoms with Gasteiger partial charge in [0.1, 0.15) is 5.82 Å². The highest BCUT2D eigenvalue weighted by molar-refractivity contribution is 5.20. The van der Waals surface area contributed by atoms with Crippen molar-refractivity contribution in [3.8, 4) is 0 Å². The van der Waals surface area contributed by atoms with Crippen LogP contribution in [0.1, 0.15) is 39.3 Å². The minimum Gasteiger partial charge on any atom is -0.312 e. The fraction of sp³-hybridized carbons (Fsp3) is 0.600. The van der Waals surface area contributed by atoms with Crippen molar-refractivity contribution in [1.82, 2.24) is 10.2 Å². The number of hydrogen-bond donors (Lipinski definition) is 1. The van der Waals surface area contributed by atoms with Gasteiger partial charge in [-0.25, -0.2) is 4.39 Å². The lowest BCUT2D eigenvalue weighted by Crippen LogP contribution is -2.42. The summed E-state index contributed by atoms with van der Waals surface area (Å²) in [6.07, 6.45) is 0. The Hall–Kier alpha value is -0.930. The maximum Gasteiger partial charge on any atom is 0.123 e. The first kappa shape index (κ1) is 15.1. The van der Waals surface area contributed by atoms with Crippen LogP contribution in [-0.2, 0) is 0 Å². The first-order chi connectivity index (χ1) is 8.45. The van der Waals surface area contributed by atoms with Crippen LogP contribution in [0.2, 0.25) is 0 Å². The molecule has 0 heterocycles. The molecule has 0 radical (unpaired) electrons. The highest BCUT2D eigenvalue weighted by atomic mass is 19.1. The Morgan fingerprint density at radius 2 is 1.56 bits per heavy atom. The fourth-order valence-electron chi connectivity index (χ4n) is 2.29. The van der Waals surface area contributed by atoms with Gasteiger partial charge >= 0.3 is 0 Å². The van der Waals surface area contributed by atoms with Gasteiger partial charge in [-0.2, -0.15) is 0 Å². The molecule has 1 aromatic carbocycles. The second-order valence-corrected chi connectivity index (χ2v) is 5.28. The van der Waals surface area contributed by atoms with Gasteiger partial charge in [0.25, 0.3) is 0 Å². The van der Waals surface area contributed by atoms with E-state index in [9.17, 15) is 4.39 Å². The molecule has 2 nitrogen and oxygen atoms in total. The predicted molar refractivity (Wildman–Crippen MR) is 75.2 cm³/mol. The minimum absolute atomic E-state index is 0.182. The summed E-state index contributed by atoms with van der Waals surface area (Å²) in [6.45, 7) is 9.75. The van der Waals surface area contributed by atoms with Crippen molar-refractivity contribution < 1.29 is 4.39 Å². The molecule has 1 aromatic rings. The molecule has 0 bridgehead atoms. The van der Waals surface area contributed by atoms with Crippen LogP contribution in [0.25, 0.3) is 0 Å². The molecule has 1 N–H and O–H groups in total. The van der Waals surface area contributed by atoms with Gasteiger partial charge in [-0.1, -0.05) is 12.1 Å². The smallest absolute Gasteiger partial charge is 0.123 e. The quantitative estimate of drug-likeness (QED) is 0.836. The second-order valence-electron chi connectivity index (χ2n) is 5.28. The first-order valence-electron chi connectivity index (χ1n) is 6.64. The molecule has 0 saturated carbocycles. The SMILES string of the molecule is CNC(CN(C(C)C)C(C)C)c1ccc(F)cc1. The van der Waals surface area contributed by atoms with Crippen LogP contribution in [-0.4, -0.2) is 30.6 Å². The van der Waals surface area contributed by atoms with E-state index in [1.807, 2.05) is 19.2 Å². The largest absolute Gasteiger partial charge is 0.312 e. The lowest BCUT2D eigenvalue weighted by molar-refractivity contribution is 0.157. The third kappa shape index (κ3) is 4.07. The van der Waals surface area contributed by atoms with E-state index in [2.05, 4.69) is 37.9 Å². The average molecular weight is 252 g/mol. The molecule has 18 heavy (non-hydrogen) atoms. The standard InChI is InChI=1S/C15H25FN2/c1-11(2)18(12(3)4)10-15(17-5)13-6-8-14(16)9-7-13/h6-9,11-12,15,17H,10H2,1-5H3. The summed E-state index contributed by atoms with van der Waals surface area (Å²) in [5.74, 6) is -0.182. The Morgan fingerprint density at radius 3 is 1.94 bits per heavy atom. The molecule has 1 atom stereocenters. The third-order valence-corrected chi connectivity index (χ3v) is 3.34. The maximum absolute atomic E-state index is 12.9. The van der Waals surface area contributed by atoms with Crippen LogP contribution in [0, 0.1) is 5.82 Å². The number of halogens is 1. The molecule has 0 amide bonds. The van der Waals surface area contributed by atoms with Crippen LogP contribution in [0.5, 0.6) is 0 Å². The molecule has 0 aliphatic rings. The Bertz CT molecular complexity index is 338. The second kappa shape index (κ2) is 6.86. The van der Waals surface area contributed by atoms with Gasteiger partial charge in [0.15, 0.2) is 0 Å². The molecule has 1 unspecified atom stereocenters. The van der Waals surface area contributed by atoms with Gasteiger partial charge in [0.05, 0.1) is 0 Å². The van der Waals surface area contributed by atoms with Gasteiger partial charge in [0.2, 0.25) is 0 Å². The lowest BCUT2D eigenvalue weighted by Gasteiger charge is -2.34. The van der Waals surface area contributed by atoms with E-state index in [-0.39, 0.29) is 11.9 Å². The number of benzene rings is 1. The van der Waals surface area contributed by atoms with Crippen molar-refractivity contribution in [2.75, 3.05) is 13.6 Å². The Kier molecular flexibility index (Phi) is 5.76. The van der Waals surface area contributed by atoms with E-state index in [4.69, 9.17) is 0 Å². The summed E-state index contributed by atoms with van der Waals surface area (Å²) in [5.41, 5.74) is 1.13. The zero-order valence-corrected chi connectivity index (χ0v) is 12.1. The molecular weight excluding hydrogens is 227 g/mol. The molecule has 3 heteroatoms. The van der Waals surface area contributed by atoms with E-state index < -0.39 is 0 Å². The van der Waals surface area contributed by atoms with Crippen LogP contribution in [0.15, 0.2) is 24.3 Å². The Labute approximate surface area is 110 Å². The molecule has 102 valence electrons. The van der Waals surface area contributed by atoms with Gasteiger partial charge < -0.3 is 5.32 Å². The van der Waals surface area contributed by atoms with E-state index in [0.29, 0.717) is 12.1 Å². The summed E-state index contributed by atoms with van der Waals surface area (Å²) in [4.78, 5) is 2.44. The van der Waals surface area contributed by atoms with Crippen molar-refractivity contribution >= 4 is 0 Å². The normalized spacial score (nSPS) is 13.6. The van der Waals surface area contributed by atoms with Crippen LogP contribution >= 0.6 is 0 Å². The first-order valence-corrected chi connectivity index (χ1v) is 6.64. The molecule has 1 rings (SSSR count). The zero-order valence-electron chi connectivity index (χ0n) is 12.1. The highest BCUT2D eigenvalue weighted by Crippen LogP contribution is 2.17. The van der Waals surface area contributed by atoms with E-state index in [1.165, 1.54) is 12.1 Å². The number of nitrogens with one attached hydrogen (secondary N) is 1. The summed E-state index contributed by atoms with van der Waals surface area (Å²) in [6, 6.07) is 7.99. The molecule has 0 fully saturated rings. The van der Waals surface area contributed by atoms with Crippen molar-refractivity contribution in [3.63, 3.8) is 0 Å². The molecule has 0 saturated heterocycles. The van der Waals surface area contributed by atoms with Gasteiger partial charge in [-0.3, -0.25) is 4.90 Å². The molecule has 0 aromatic heterocycles. The predicted octanol–water partition coefficient (Wildman–Crippen LogP) is 3.21. The molecule has 0 aliphatic carbocycles.